The molecule has 1 atom stereocenters. The first-order valence-corrected chi connectivity index (χ1v) is 4.54. The van der Waals surface area contributed by atoms with E-state index in [2.05, 4.69) is 22.2 Å². The van der Waals surface area contributed by atoms with Gasteiger partial charge in [-0.2, -0.15) is 0 Å². The van der Waals surface area contributed by atoms with E-state index in [1.807, 2.05) is 6.92 Å². The minimum atomic E-state index is -0.162. The van der Waals surface area contributed by atoms with Crippen LogP contribution in [-0.2, 0) is 0 Å². The zero-order chi connectivity index (χ0) is 9.68. The Morgan fingerprint density at radius 3 is 3.08 bits per heavy atom. The van der Waals surface area contributed by atoms with Gasteiger partial charge in [-0.3, -0.25) is 4.79 Å². The molecular formula is C9H15N3O. The Hall–Kier alpha value is -1.32. The zero-order valence-corrected chi connectivity index (χ0v) is 8.00. The van der Waals surface area contributed by atoms with Crippen molar-refractivity contribution in [3.05, 3.63) is 22.7 Å². The van der Waals surface area contributed by atoms with E-state index in [1.165, 1.54) is 6.20 Å². The number of rotatable bonds is 4. The van der Waals surface area contributed by atoms with Crippen molar-refractivity contribution in [3.8, 4) is 0 Å². The molecule has 1 rings (SSSR count). The van der Waals surface area contributed by atoms with Gasteiger partial charge in [0.1, 0.15) is 0 Å². The molecule has 0 bridgehead atoms. The zero-order valence-electron chi connectivity index (χ0n) is 8.00. The van der Waals surface area contributed by atoms with Gasteiger partial charge in [-0.15, -0.1) is 0 Å². The summed E-state index contributed by atoms with van der Waals surface area (Å²) in [7, 11) is 0. The van der Waals surface area contributed by atoms with Crippen molar-refractivity contribution in [1.29, 1.82) is 0 Å². The van der Waals surface area contributed by atoms with Crippen LogP contribution < -0.4 is 10.9 Å². The van der Waals surface area contributed by atoms with Gasteiger partial charge in [0.2, 0.25) is 0 Å². The summed E-state index contributed by atoms with van der Waals surface area (Å²) in [5, 5.41) is 3.06. The summed E-state index contributed by atoms with van der Waals surface area (Å²) in [5.41, 5.74) is -0.162. The largest absolute Gasteiger partial charge is 0.363 e. The molecule has 4 nitrogen and oxygen atoms in total. The molecule has 0 aliphatic rings. The van der Waals surface area contributed by atoms with Crippen LogP contribution in [-0.4, -0.2) is 16.0 Å². The number of anilines is 1. The second kappa shape index (κ2) is 4.64. The maximum atomic E-state index is 11.2. The molecule has 2 N–H and O–H groups in total. The van der Waals surface area contributed by atoms with Crippen molar-refractivity contribution in [1.82, 2.24) is 9.97 Å². The Morgan fingerprint density at radius 2 is 2.46 bits per heavy atom. The van der Waals surface area contributed by atoms with Gasteiger partial charge in [0.15, 0.2) is 5.82 Å². The second-order valence-corrected chi connectivity index (χ2v) is 3.10. The molecular weight excluding hydrogens is 166 g/mol. The molecule has 0 saturated carbocycles. The number of nitrogens with one attached hydrogen (secondary N) is 2. The molecule has 0 amide bonds. The van der Waals surface area contributed by atoms with Crippen LogP contribution in [0.25, 0.3) is 0 Å². The fourth-order valence-corrected chi connectivity index (χ4v) is 1.19. The minimum Gasteiger partial charge on any atom is -0.363 e. The lowest BCUT2D eigenvalue weighted by Crippen LogP contribution is -2.22. The number of hydrogen-bond acceptors (Lipinski definition) is 3. The number of hydrogen-bond donors (Lipinski definition) is 2. The first kappa shape index (κ1) is 9.77. The summed E-state index contributed by atoms with van der Waals surface area (Å²) in [6.07, 6.45) is 5.23. The highest BCUT2D eigenvalue weighted by Crippen LogP contribution is 2.01. The van der Waals surface area contributed by atoms with Crippen LogP contribution in [0.3, 0.4) is 0 Å². The van der Waals surface area contributed by atoms with Crippen molar-refractivity contribution in [2.75, 3.05) is 5.32 Å². The molecule has 0 aromatic carbocycles. The molecule has 0 aliphatic heterocycles. The third kappa shape index (κ3) is 2.89. The predicted octanol–water partition coefficient (Wildman–Crippen LogP) is 1.37. The van der Waals surface area contributed by atoms with Crippen molar-refractivity contribution in [3.63, 3.8) is 0 Å². The van der Waals surface area contributed by atoms with Crippen molar-refractivity contribution in [2.24, 2.45) is 0 Å². The average molecular weight is 181 g/mol. The molecule has 1 aromatic rings. The van der Waals surface area contributed by atoms with Crippen LogP contribution in [0.1, 0.15) is 26.7 Å². The third-order valence-corrected chi connectivity index (χ3v) is 1.81. The topological polar surface area (TPSA) is 57.8 Å². The normalized spacial score (nSPS) is 12.5. The third-order valence-electron chi connectivity index (χ3n) is 1.81. The Morgan fingerprint density at radius 1 is 1.69 bits per heavy atom. The summed E-state index contributed by atoms with van der Waals surface area (Å²) >= 11 is 0. The van der Waals surface area contributed by atoms with E-state index in [0.717, 1.165) is 12.8 Å². The van der Waals surface area contributed by atoms with E-state index in [0.29, 0.717) is 11.9 Å². The highest BCUT2D eigenvalue weighted by molar-refractivity contribution is 5.31. The number of aromatic amines is 1. The fourth-order valence-electron chi connectivity index (χ4n) is 1.19. The van der Waals surface area contributed by atoms with E-state index >= 15 is 0 Å². The smallest absolute Gasteiger partial charge is 0.290 e. The monoisotopic (exact) mass is 181 g/mol. The van der Waals surface area contributed by atoms with Crippen LogP contribution in [0.2, 0.25) is 0 Å². The molecule has 0 radical (unpaired) electrons. The number of H-pyrrole nitrogens is 1. The Balaban J connectivity index is 2.63. The Bertz CT molecular complexity index is 308. The summed E-state index contributed by atoms with van der Waals surface area (Å²) in [6.45, 7) is 4.15. The first-order valence-electron chi connectivity index (χ1n) is 4.54. The maximum Gasteiger partial charge on any atom is 0.290 e. The summed E-state index contributed by atoms with van der Waals surface area (Å²) in [6, 6.07) is 0.293. The molecule has 0 aliphatic carbocycles. The highest BCUT2D eigenvalue weighted by atomic mass is 16.1. The van der Waals surface area contributed by atoms with E-state index in [4.69, 9.17) is 0 Å². The van der Waals surface area contributed by atoms with Crippen molar-refractivity contribution >= 4 is 5.82 Å². The molecule has 1 aromatic heterocycles. The van der Waals surface area contributed by atoms with Crippen LogP contribution in [0.15, 0.2) is 17.2 Å². The van der Waals surface area contributed by atoms with E-state index in [-0.39, 0.29) is 5.56 Å². The van der Waals surface area contributed by atoms with Crippen molar-refractivity contribution < 1.29 is 0 Å². The number of aromatic nitrogens is 2. The van der Waals surface area contributed by atoms with Gasteiger partial charge in [-0.1, -0.05) is 13.3 Å². The van der Waals surface area contributed by atoms with Gasteiger partial charge in [-0.05, 0) is 13.3 Å². The molecule has 1 unspecified atom stereocenters. The van der Waals surface area contributed by atoms with Gasteiger partial charge < -0.3 is 10.3 Å². The highest BCUT2D eigenvalue weighted by Gasteiger charge is 2.03. The maximum absolute atomic E-state index is 11.2. The molecule has 72 valence electrons. The predicted molar refractivity (Wildman–Crippen MR) is 52.9 cm³/mol. The van der Waals surface area contributed by atoms with Gasteiger partial charge in [0.05, 0.1) is 0 Å². The summed E-state index contributed by atoms with van der Waals surface area (Å²) < 4.78 is 0. The number of nitrogens with zero attached hydrogens (tertiary/aromatic N) is 1. The lowest BCUT2D eigenvalue weighted by atomic mass is 10.2. The van der Waals surface area contributed by atoms with Gasteiger partial charge in [0.25, 0.3) is 5.56 Å². The van der Waals surface area contributed by atoms with Crippen LogP contribution in [0.5, 0.6) is 0 Å². The van der Waals surface area contributed by atoms with E-state index < -0.39 is 0 Å². The lowest BCUT2D eigenvalue weighted by Gasteiger charge is -2.11. The summed E-state index contributed by atoms with van der Waals surface area (Å²) in [5.74, 6) is 0.406. The Labute approximate surface area is 77.4 Å². The van der Waals surface area contributed by atoms with E-state index in [1.54, 1.807) is 6.20 Å². The Kier molecular flexibility index (Phi) is 3.49. The quantitative estimate of drug-likeness (QED) is 0.737. The molecule has 0 saturated heterocycles. The fraction of sp³-hybridized carbons (Fsp3) is 0.556. The van der Waals surface area contributed by atoms with Gasteiger partial charge >= 0.3 is 0 Å². The minimum absolute atomic E-state index is 0.162. The molecule has 13 heavy (non-hydrogen) atoms. The van der Waals surface area contributed by atoms with Gasteiger partial charge in [0, 0.05) is 18.4 Å². The average Bonchev–Trinajstić information content (AvgIpc) is 2.09. The lowest BCUT2D eigenvalue weighted by molar-refractivity contribution is 0.686. The molecule has 0 fully saturated rings. The molecule has 1 heterocycles. The first-order chi connectivity index (χ1) is 6.24. The standard InChI is InChI=1S/C9H15N3O/c1-3-4-7(2)12-8-9(13)11-6-5-10-8/h5-7H,3-4H2,1-2H3,(H,10,12)(H,11,13). The second-order valence-electron chi connectivity index (χ2n) is 3.10. The van der Waals surface area contributed by atoms with Crippen LogP contribution in [0.4, 0.5) is 5.82 Å². The van der Waals surface area contributed by atoms with E-state index in [9.17, 15) is 4.79 Å². The summed E-state index contributed by atoms with van der Waals surface area (Å²) in [4.78, 5) is 17.7. The van der Waals surface area contributed by atoms with Crippen molar-refractivity contribution in [2.45, 2.75) is 32.7 Å². The van der Waals surface area contributed by atoms with Crippen LogP contribution in [0, 0.1) is 0 Å². The molecule has 0 spiro atoms. The van der Waals surface area contributed by atoms with Gasteiger partial charge in [-0.25, -0.2) is 4.98 Å². The SMILES string of the molecule is CCCC(C)Nc1ncc[nH]c1=O. The van der Waals surface area contributed by atoms with Crippen LogP contribution >= 0.6 is 0 Å². The molecule has 4 heteroatoms.